The fourth-order valence-electron chi connectivity index (χ4n) is 0.181. The van der Waals surface area contributed by atoms with Gasteiger partial charge in [-0.05, 0) is 0 Å². The van der Waals surface area contributed by atoms with E-state index >= 15 is 0 Å². The Bertz CT molecular complexity index is 329. The predicted octanol–water partition coefficient (Wildman–Crippen LogP) is -9.58. The third kappa shape index (κ3) is 24.3. The molecule has 88 valence electrons. The Labute approximate surface area is 135 Å². The molecule has 15 heteroatoms. The molecule has 11 nitrogen and oxygen atoms in total. The van der Waals surface area contributed by atoms with Gasteiger partial charge in [0.2, 0.25) is 0 Å². The van der Waals surface area contributed by atoms with Crippen LogP contribution >= 0.6 is 0 Å². The summed E-state index contributed by atoms with van der Waals surface area (Å²) in [6.45, 7) is 0. The number of hydrogen-bond donors (Lipinski definition) is 0. The summed E-state index contributed by atoms with van der Waals surface area (Å²) in [5, 5.41) is 0. The minimum absolute atomic E-state index is 0. The van der Waals surface area contributed by atoms with E-state index in [4.69, 9.17) is 0 Å². The molecule has 0 rings (SSSR count). The Morgan fingerprint density at radius 2 is 1.00 bits per heavy atom. The average molecular weight is 302 g/mol. The smallest absolute Gasteiger partial charge is 0.716 e. The van der Waals surface area contributed by atoms with Crippen molar-refractivity contribution in [3.63, 3.8) is 0 Å². The molecule has 0 atom stereocenters. The zero-order valence-electron chi connectivity index (χ0n) is 7.99. The van der Waals surface area contributed by atoms with Crippen LogP contribution in [-0.2, 0) is 29.2 Å². The van der Waals surface area contributed by atoms with Crippen LogP contribution in [0.15, 0.2) is 0 Å². The monoisotopic (exact) mass is 302 g/mol. The number of hydrogen-bond acceptors (Lipinski definition) is 9. The van der Waals surface area contributed by atoms with Gasteiger partial charge in [0.1, 0.15) is 0 Å². The molecular formula is CH4Na2O11S2. The maximum atomic E-state index is 9.87. The summed E-state index contributed by atoms with van der Waals surface area (Å²) in [5.41, 5.74) is 0. The van der Waals surface area contributed by atoms with Crippen LogP contribution < -0.4 is 59.1 Å². The number of rotatable bonds is 2. The summed E-state index contributed by atoms with van der Waals surface area (Å²) < 4.78 is 62.9. The summed E-state index contributed by atoms with van der Waals surface area (Å²) in [5.74, 6) is 0. The van der Waals surface area contributed by atoms with Gasteiger partial charge in [-0.25, -0.2) is 21.6 Å². The Balaban J connectivity index is -0.000000101. The standard InChI is InChI=1S/CH2O9S2.2Na.2H2O/c2-1(9-11(3,4)5)10-12(6,7)8;;;;/h(H,3,4,5)(H,6,7,8);;;2*1H2/q;2*+1;;/p-2. The third-order valence-electron chi connectivity index (χ3n) is 0.340. The van der Waals surface area contributed by atoms with E-state index in [1.807, 2.05) is 0 Å². The van der Waals surface area contributed by atoms with Gasteiger partial charge in [-0.2, -0.15) is 0 Å². The third-order valence-corrected chi connectivity index (χ3v) is 1.02. The van der Waals surface area contributed by atoms with E-state index < -0.39 is 27.0 Å². The molecule has 4 N–H and O–H groups in total. The van der Waals surface area contributed by atoms with Crippen molar-refractivity contribution >= 4 is 27.0 Å². The van der Waals surface area contributed by atoms with Gasteiger partial charge in [0.05, 0.1) is 0 Å². The van der Waals surface area contributed by atoms with Crippen molar-refractivity contribution in [3.8, 4) is 0 Å². The largest absolute Gasteiger partial charge is 1.00 e. The second-order valence-electron chi connectivity index (χ2n) is 1.23. The van der Waals surface area contributed by atoms with E-state index in [0.29, 0.717) is 0 Å². The first-order chi connectivity index (χ1) is 5.10. The van der Waals surface area contributed by atoms with Crippen LogP contribution in [0.5, 0.6) is 0 Å². The minimum atomic E-state index is -5.42. The van der Waals surface area contributed by atoms with Crippen LogP contribution in [0, 0.1) is 0 Å². The Hall–Kier alpha value is 1.01. The molecule has 0 unspecified atom stereocenters. The molecule has 0 aromatic heterocycles. The first-order valence-corrected chi connectivity index (χ1v) is 4.61. The van der Waals surface area contributed by atoms with Crippen molar-refractivity contribution in [1.82, 2.24) is 0 Å². The van der Waals surface area contributed by atoms with Crippen LogP contribution in [0.2, 0.25) is 0 Å². The zero-order valence-corrected chi connectivity index (χ0v) is 13.6. The summed E-state index contributed by atoms with van der Waals surface area (Å²) >= 11 is 0. The SMILES string of the molecule is O.O.O=C(OS(=O)(=O)[O-])OS(=O)(=O)[O-].[Na+].[Na+]. The Morgan fingerprint density at radius 3 is 1.12 bits per heavy atom. The summed E-state index contributed by atoms with van der Waals surface area (Å²) in [6, 6.07) is 0. The van der Waals surface area contributed by atoms with E-state index in [0.717, 1.165) is 0 Å². The van der Waals surface area contributed by atoms with Gasteiger partial charge >= 0.3 is 65.3 Å². The van der Waals surface area contributed by atoms with Crippen LogP contribution in [0.25, 0.3) is 0 Å². The maximum Gasteiger partial charge on any atom is 1.00 e. The molecule has 0 aliphatic rings. The predicted molar refractivity (Wildman–Crippen MR) is 34.2 cm³/mol. The molecule has 0 aromatic rings. The second kappa shape index (κ2) is 11.1. The summed E-state index contributed by atoms with van der Waals surface area (Å²) in [6.07, 6.45) is -2.42. The molecule has 0 bridgehead atoms. The van der Waals surface area contributed by atoms with Gasteiger partial charge in [-0.1, -0.05) is 0 Å². The zero-order chi connectivity index (χ0) is 9.99. The molecule has 0 aliphatic heterocycles. The van der Waals surface area contributed by atoms with Crippen LogP contribution in [-0.4, -0.2) is 43.0 Å². The van der Waals surface area contributed by atoms with E-state index in [2.05, 4.69) is 8.37 Å². The molecule has 0 spiro atoms. The van der Waals surface area contributed by atoms with Gasteiger partial charge < -0.3 is 28.4 Å². The topological polar surface area (TPSA) is 213 Å². The van der Waals surface area contributed by atoms with E-state index in [1.165, 1.54) is 0 Å². The van der Waals surface area contributed by atoms with E-state index in [9.17, 15) is 30.7 Å². The number of carbonyl (C=O) groups is 1. The average Bonchev–Trinajstić information content (AvgIpc) is 1.49. The maximum absolute atomic E-state index is 9.87. The van der Waals surface area contributed by atoms with E-state index in [-0.39, 0.29) is 70.1 Å². The Kier molecular flexibility index (Phi) is 21.0. The fourth-order valence-corrected chi connectivity index (χ4v) is 0.625. The first kappa shape index (κ1) is 30.2. The molecule has 0 aromatic carbocycles. The van der Waals surface area contributed by atoms with Crippen LogP contribution in [0.4, 0.5) is 4.79 Å². The minimum Gasteiger partial charge on any atom is -0.716 e. The quantitative estimate of drug-likeness (QED) is 0.268. The van der Waals surface area contributed by atoms with Gasteiger partial charge in [0.25, 0.3) is 20.8 Å². The van der Waals surface area contributed by atoms with Crippen molar-refractivity contribution in [3.05, 3.63) is 0 Å². The van der Waals surface area contributed by atoms with Crippen molar-refractivity contribution in [2.75, 3.05) is 0 Å². The van der Waals surface area contributed by atoms with Crippen molar-refractivity contribution < 1.29 is 109 Å². The van der Waals surface area contributed by atoms with Crippen molar-refractivity contribution in [1.29, 1.82) is 0 Å². The molecule has 16 heavy (non-hydrogen) atoms. The van der Waals surface area contributed by atoms with Gasteiger partial charge in [-0.3, -0.25) is 0 Å². The number of carbonyl (C=O) groups excluding carboxylic acids is 1. The van der Waals surface area contributed by atoms with Crippen LogP contribution in [0.3, 0.4) is 0 Å². The second-order valence-corrected chi connectivity index (χ2v) is 3.20. The first-order valence-electron chi connectivity index (χ1n) is 1.95. The molecule has 0 aliphatic carbocycles. The normalized spacial score (nSPS) is 9.12. The molecule has 0 fully saturated rings. The van der Waals surface area contributed by atoms with E-state index in [1.54, 1.807) is 0 Å². The summed E-state index contributed by atoms with van der Waals surface area (Å²) in [7, 11) is -10.8. The molecule has 0 saturated heterocycles. The molecular weight excluding hydrogens is 298 g/mol. The van der Waals surface area contributed by atoms with Crippen LogP contribution in [0.1, 0.15) is 0 Å². The molecule has 0 radical (unpaired) electrons. The fraction of sp³-hybridized carbons (Fsp3) is 0. The molecule has 0 amide bonds. The van der Waals surface area contributed by atoms with Gasteiger partial charge in [-0.15, -0.1) is 0 Å². The van der Waals surface area contributed by atoms with Gasteiger partial charge in [0, 0.05) is 0 Å². The molecule has 0 heterocycles. The molecule has 0 saturated carbocycles. The van der Waals surface area contributed by atoms with Crippen molar-refractivity contribution in [2.24, 2.45) is 0 Å². The summed E-state index contributed by atoms with van der Waals surface area (Å²) in [4.78, 5) is 9.87. The van der Waals surface area contributed by atoms with Gasteiger partial charge in [0.15, 0.2) is 0 Å². The Morgan fingerprint density at radius 1 is 0.812 bits per heavy atom. The van der Waals surface area contributed by atoms with Crippen molar-refractivity contribution in [2.45, 2.75) is 0 Å².